The third-order valence-electron chi connectivity index (χ3n) is 4.37. The second-order valence-corrected chi connectivity index (χ2v) is 6.25. The normalized spacial score (nSPS) is 19.8. The second-order valence-electron chi connectivity index (χ2n) is 6.25. The molecule has 1 fully saturated rings. The fraction of sp³-hybridized carbons (Fsp3) is 0.316. The lowest BCUT2D eigenvalue weighted by Gasteiger charge is -2.25. The van der Waals surface area contributed by atoms with Gasteiger partial charge in [-0.1, -0.05) is 18.2 Å². The Labute approximate surface area is 146 Å². The number of halogens is 1. The lowest BCUT2D eigenvalue weighted by molar-refractivity contribution is 0.175. The van der Waals surface area contributed by atoms with Crippen molar-refractivity contribution in [1.29, 1.82) is 0 Å². The van der Waals surface area contributed by atoms with E-state index in [0.29, 0.717) is 23.4 Å². The standard InChI is InChI=1S/C19H21FN2O3/c1-12-6-7-16(18(8-12)25-2)21-19(24)22-11-15(23)10-17(22)13-4-3-5-14(20)9-13/h3-9,15,17,23H,10-11H2,1-2H3,(H,21,24)/t15-,17-/m0/s1. The van der Waals surface area contributed by atoms with Crippen LogP contribution in [0.5, 0.6) is 5.75 Å². The van der Waals surface area contributed by atoms with E-state index in [0.717, 1.165) is 5.56 Å². The van der Waals surface area contributed by atoms with Gasteiger partial charge in [0.15, 0.2) is 0 Å². The van der Waals surface area contributed by atoms with Crippen molar-refractivity contribution in [3.05, 3.63) is 59.4 Å². The number of likely N-dealkylation sites (tertiary alicyclic amines) is 1. The molecule has 0 bridgehead atoms. The Bertz CT molecular complexity index is 781. The maximum Gasteiger partial charge on any atom is 0.322 e. The largest absolute Gasteiger partial charge is 0.495 e. The maximum atomic E-state index is 13.5. The summed E-state index contributed by atoms with van der Waals surface area (Å²) in [5.74, 6) is 0.204. The molecule has 2 atom stereocenters. The molecule has 1 heterocycles. The molecule has 0 saturated carbocycles. The summed E-state index contributed by atoms with van der Waals surface area (Å²) >= 11 is 0. The number of β-amino-alcohol motifs (C(OH)–C–C–N with tert-alkyl or cyclic N) is 1. The zero-order valence-corrected chi connectivity index (χ0v) is 14.2. The minimum atomic E-state index is -0.640. The molecule has 0 aliphatic carbocycles. The van der Waals surface area contributed by atoms with Gasteiger partial charge in [-0.15, -0.1) is 0 Å². The van der Waals surface area contributed by atoms with Crippen LogP contribution in [0.25, 0.3) is 0 Å². The summed E-state index contributed by atoms with van der Waals surface area (Å²) in [4.78, 5) is 14.3. The minimum Gasteiger partial charge on any atom is -0.495 e. The van der Waals surface area contributed by atoms with E-state index >= 15 is 0 Å². The van der Waals surface area contributed by atoms with Crippen molar-refractivity contribution in [2.24, 2.45) is 0 Å². The van der Waals surface area contributed by atoms with Crippen molar-refractivity contribution < 1.29 is 19.0 Å². The Kier molecular flexibility index (Phi) is 4.90. The Morgan fingerprint density at radius 1 is 1.32 bits per heavy atom. The quantitative estimate of drug-likeness (QED) is 0.896. The molecule has 2 aromatic carbocycles. The van der Waals surface area contributed by atoms with Crippen LogP contribution in [-0.4, -0.2) is 35.8 Å². The van der Waals surface area contributed by atoms with Gasteiger partial charge in [-0.3, -0.25) is 0 Å². The summed E-state index contributed by atoms with van der Waals surface area (Å²) in [5.41, 5.74) is 2.24. The number of hydrogen-bond acceptors (Lipinski definition) is 3. The summed E-state index contributed by atoms with van der Waals surface area (Å²) in [6, 6.07) is 10.9. The zero-order valence-electron chi connectivity index (χ0n) is 14.2. The lowest BCUT2D eigenvalue weighted by atomic mass is 10.0. The van der Waals surface area contributed by atoms with Crippen LogP contribution >= 0.6 is 0 Å². The van der Waals surface area contributed by atoms with Crippen LogP contribution in [0.2, 0.25) is 0 Å². The molecule has 2 aromatic rings. The minimum absolute atomic E-state index is 0.196. The second kappa shape index (κ2) is 7.11. The van der Waals surface area contributed by atoms with Gasteiger partial charge in [0.25, 0.3) is 0 Å². The predicted molar refractivity (Wildman–Crippen MR) is 93.2 cm³/mol. The third kappa shape index (κ3) is 3.74. The van der Waals surface area contributed by atoms with Crippen molar-refractivity contribution in [2.45, 2.75) is 25.5 Å². The zero-order chi connectivity index (χ0) is 18.0. The molecule has 0 spiro atoms. The third-order valence-corrected chi connectivity index (χ3v) is 4.37. The number of hydrogen-bond donors (Lipinski definition) is 2. The summed E-state index contributed by atoms with van der Waals surface area (Å²) in [7, 11) is 1.54. The molecule has 6 heteroatoms. The van der Waals surface area contributed by atoms with Crippen molar-refractivity contribution in [3.8, 4) is 5.75 Å². The number of anilines is 1. The smallest absolute Gasteiger partial charge is 0.322 e. The van der Waals surface area contributed by atoms with Crippen molar-refractivity contribution >= 4 is 11.7 Å². The molecule has 0 radical (unpaired) electrons. The fourth-order valence-electron chi connectivity index (χ4n) is 3.16. The van der Waals surface area contributed by atoms with Crippen molar-refractivity contribution in [3.63, 3.8) is 0 Å². The highest BCUT2D eigenvalue weighted by atomic mass is 19.1. The van der Waals surface area contributed by atoms with Crippen LogP contribution in [0.1, 0.15) is 23.6 Å². The molecule has 0 unspecified atom stereocenters. The molecule has 25 heavy (non-hydrogen) atoms. The Morgan fingerprint density at radius 3 is 2.84 bits per heavy atom. The molecule has 2 N–H and O–H groups in total. The van der Waals surface area contributed by atoms with Crippen molar-refractivity contribution in [1.82, 2.24) is 4.90 Å². The van der Waals surface area contributed by atoms with E-state index < -0.39 is 6.10 Å². The summed E-state index contributed by atoms with van der Waals surface area (Å²) < 4.78 is 18.8. The Morgan fingerprint density at radius 2 is 2.12 bits per heavy atom. The van der Waals surface area contributed by atoms with Gasteiger partial charge in [-0.25, -0.2) is 9.18 Å². The van der Waals surface area contributed by atoms with E-state index in [1.54, 1.807) is 25.3 Å². The summed E-state index contributed by atoms with van der Waals surface area (Å²) in [5, 5.41) is 12.8. The topological polar surface area (TPSA) is 61.8 Å². The number of nitrogens with zero attached hydrogens (tertiary/aromatic N) is 1. The number of aliphatic hydroxyl groups is 1. The van der Waals surface area contributed by atoms with Gasteiger partial charge in [0.05, 0.1) is 24.9 Å². The molecule has 3 rings (SSSR count). The van der Waals surface area contributed by atoms with Gasteiger partial charge >= 0.3 is 6.03 Å². The fourth-order valence-corrected chi connectivity index (χ4v) is 3.16. The van der Waals surface area contributed by atoms with Gasteiger partial charge in [0, 0.05) is 6.54 Å². The van der Waals surface area contributed by atoms with Crippen LogP contribution < -0.4 is 10.1 Å². The van der Waals surface area contributed by atoms with E-state index in [2.05, 4.69) is 5.32 Å². The molecule has 1 aliphatic rings. The molecule has 2 amide bonds. The lowest BCUT2D eigenvalue weighted by Crippen LogP contribution is -2.35. The first-order valence-corrected chi connectivity index (χ1v) is 8.13. The Hall–Kier alpha value is -2.60. The highest BCUT2D eigenvalue weighted by molar-refractivity contribution is 5.91. The highest BCUT2D eigenvalue weighted by Crippen LogP contribution is 2.34. The Balaban J connectivity index is 1.83. The number of carbonyl (C=O) groups excluding carboxylic acids is 1. The number of nitrogens with one attached hydrogen (secondary N) is 1. The van der Waals surface area contributed by atoms with Gasteiger partial charge < -0.3 is 20.1 Å². The average molecular weight is 344 g/mol. The number of ether oxygens (including phenoxy) is 1. The predicted octanol–water partition coefficient (Wildman–Crippen LogP) is 3.48. The highest BCUT2D eigenvalue weighted by Gasteiger charge is 2.35. The molecule has 132 valence electrons. The molecule has 5 nitrogen and oxygen atoms in total. The maximum absolute atomic E-state index is 13.5. The first-order chi connectivity index (χ1) is 12.0. The van der Waals surface area contributed by atoms with Crippen LogP contribution in [0.4, 0.5) is 14.9 Å². The number of amides is 2. The molecular formula is C19H21FN2O3. The molecule has 1 saturated heterocycles. The van der Waals surface area contributed by atoms with Gasteiger partial charge in [-0.2, -0.15) is 0 Å². The number of methoxy groups -OCH3 is 1. The van der Waals surface area contributed by atoms with E-state index in [4.69, 9.17) is 4.74 Å². The van der Waals surface area contributed by atoms with Crippen molar-refractivity contribution in [2.75, 3.05) is 19.0 Å². The number of rotatable bonds is 3. The summed E-state index contributed by atoms with van der Waals surface area (Å²) in [6.45, 7) is 2.13. The van der Waals surface area contributed by atoms with Crippen LogP contribution in [-0.2, 0) is 0 Å². The summed E-state index contributed by atoms with van der Waals surface area (Å²) in [6.07, 6.45) is -0.263. The van der Waals surface area contributed by atoms with Crippen LogP contribution in [0.3, 0.4) is 0 Å². The monoisotopic (exact) mass is 344 g/mol. The first-order valence-electron chi connectivity index (χ1n) is 8.13. The molecular weight excluding hydrogens is 323 g/mol. The van der Waals surface area contributed by atoms with Gasteiger partial charge in [0.1, 0.15) is 11.6 Å². The SMILES string of the molecule is COc1cc(C)ccc1NC(=O)N1C[C@@H](O)C[C@H]1c1cccc(F)c1. The number of benzene rings is 2. The number of urea groups is 1. The number of aliphatic hydroxyl groups excluding tert-OH is 1. The molecule has 1 aliphatic heterocycles. The van der Waals surface area contributed by atoms with Crippen LogP contribution in [0.15, 0.2) is 42.5 Å². The van der Waals surface area contributed by atoms with E-state index in [-0.39, 0.29) is 24.4 Å². The number of aryl methyl sites for hydroxylation is 1. The van der Waals surface area contributed by atoms with Gasteiger partial charge in [0.2, 0.25) is 0 Å². The number of carbonyl (C=O) groups is 1. The average Bonchev–Trinajstić information content (AvgIpc) is 2.98. The van der Waals surface area contributed by atoms with Crippen LogP contribution in [0, 0.1) is 12.7 Å². The van der Waals surface area contributed by atoms with E-state index in [1.807, 2.05) is 19.1 Å². The molecule has 0 aromatic heterocycles. The van der Waals surface area contributed by atoms with E-state index in [1.165, 1.54) is 17.0 Å². The van der Waals surface area contributed by atoms with E-state index in [9.17, 15) is 14.3 Å². The van der Waals surface area contributed by atoms with Gasteiger partial charge in [-0.05, 0) is 48.7 Å². The first kappa shape index (κ1) is 17.2.